The van der Waals surface area contributed by atoms with Gasteiger partial charge in [0.05, 0.1) is 17.2 Å². The highest BCUT2D eigenvalue weighted by Gasteiger charge is 2.32. The molecule has 2 aromatic carbocycles. The van der Waals surface area contributed by atoms with Gasteiger partial charge in [-0.05, 0) is 43.3 Å². The molecule has 2 rings (SSSR count). The second kappa shape index (κ2) is 8.18. The van der Waals surface area contributed by atoms with Crippen molar-refractivity contribution >= 4 is 33.4 Å². The van der Waals surface area contributed by atoms with Gasteiger partial charge in [0.1, 0.15) is 11.4 Å². The number of alkyl halides is 3. The molecule has 2 aromatic rings. The molecule has 6 nitrogen and oxygen atoms in total. The number of nitriles is 1. The molecule has 28 heavy (non-hydrogen) atoms. The van der Waals surface area contributed by atoms with Crippen molar-refractivity contribution in [2.75, 3.05) is 11.2 Å². The Morgan fingerprint density at radius 2 is 1.96 bits per heavy atom. The third-order valence-electron chi connectivity index (χ3n) is 3.64. The van der Waals surface area contributed by atoms with Crippen molar-refractivity contribution in [3.05, 3.63) is 58.1 Å². The van der Waals surface area contributed by atoms with Gasteiger partial charge in [0, 0.05) is 10.6 Å². The van der Waals surface area contributed by atoms with Crippen molar-refractivity contribution in [2.45, 2.75) is 18.0 Å². The highest BCUT2D eigenvalue weighted by Crippen LogP contribution is 2.32. The largest absolute Gasteiger partial charge is 0.416 e. The molecule has 0 radical (unpaired) electrons. The Labute approximate surface area is 164 Å². The van der Waals surface area contributed by atoms with Crippen LogP contribution in [0.1, 0.15) is 28.4 Å². The van der Waals surface area contributed by atoms with Crippen LogP contribution < -0.4 is 10.9 Å². The molecule has 1 unspecified atom stereocenters. The Morgan fingerprint density at radius 3 is 2.54 bits per heavy atom. The van der Waals surface area contributed by atoms with Crippen molar-refractivity contribution in [3.63, 3.8) is 0 Å². The first kappa shape index (κ1) is 21.7. The molecule has 148 valence electrons. The van der Waals surface area contributed by atoms with Crippen LogP contribution in [0.15, 0.2) is 41.3 Å². The summed E-state index contributed by atoms with van der Waals surface area (Å²) in [7, 11) is -3.44. The number of anilines is 1. The summed E-state index contributed by atoms with van der Waals surface area (Å²) in [5.41, 5.74) is 3.19. The predicted molar refractivity (Wildman–Crippen MR) is 98.2 cm³/mol. The quantitative estimate of drug-likeness (QED) is 0.482. The molecule has 0 aliphatic carbocycles. The first-order chi connectivity index (χ1) is 13.0. The Bertz CT molecular complexity index is 1010. The molecule has 0 saturated heterocycles. The molecule has 0 fully saturated rings. The van der Waals surface area contributed by atoms with Crippen LogP contribution in [0, 0.1) is 11.3 Å². The van der Waals surface area contributed by atoms with Crippen LogP contribution in [0.5, 0.6) is 0 Å². The zero-order chi connectivity index (χ0) is 21.1. The number of hydrogen-bond acceptors (Lipinski definition) is 4. The van der Waals surface area contributed by atoms with Crippen LogP contribution in [0.2, 0.25) is 5.02 Å². The Hall–Kier alpha value is -2.61. The summed E-state index contributed by atoms with van der Waals surface area (Å²) in [6.07, 6.45) is -4.69. The standard InChI is InChI=1S/C17H13ClF3N3O3S/c1-2-28(26,27)15-4-3-10(9-22)5-14(15)23-24-16(25)11-6-12(17(19,20)21)8-13(18)7-11/h3-8H,2H2,1H3,(H2-,23,24,25,26,27)/p+1. The smallest absolute Gasteiger partial charge is 0.293 e. The van der Waals surface area contributed by atoms with Gasteiger partial charge < -0.3 is 0 Å². The van der Waals surface area contributed by atoms with Crippen LogP contribution in [0.4, 0.5) is 18.9 Å². The monoisotopic (exact) mass is 432 g/mol. The number of amides is 1. The van der Waals surface area contributed by atoms with Crippen LogP contribution in [-0.4, -0.2) is 16.2 Å². The molecule has 0 aromatic heterocycles. The fraction of sp³-hybridized carbons (Fsp3) is 0.176. The van der Waals surface area contributed by atoms with E-state index in [4.69, 9.17) is 16.9 Å². The van der Waals surface area contributed by atoms with Gasteiger partial charge in [0.15, 0.2) is 0 Å². The van der Waals surface area contributed by atoms with Crippen LogP contribution in [0.25, 0.3) is 0 Å². The molecule has 0 aliphatic rings. The fourth-order valence-electron chi connectivity index (χ4n) is 2.21. The Balaban J connectivity index is 2.32. The Morgan fingerprint density at radius 1 is 1.29 bits per heavy atom. The number of benzene rings is 2. The number of hydrogen-bond donors (Lipinski definition) is 3. The molecule has 0 heterocycles. The van der Waals surface area contributed by atoms with E-state index in [1.807, 2.05) is 6.07 Å². The van der Waals surface area contributed by atoms with Crippen LogP contribution in [0.3, 0.4) is 0 Å². The lowest BCUT2D eigenvalue weighted by atomic mass is 10.1. The highest BCUT2D eigenvalue weighted by atomic mass is 35.5. The summed E-state index contributed by atoms with van der Waals surface area (Å²) in [6, 6.07) is 8.03. The van der Waals surface area contributed by atoms with Crippen LogP contribution in [-0.2, 0) is 20.6 Å². The van der Waals surface area contributed by atoms with Gasteiger partial charge in [-0.1, -0.05) is 15.8 Å². The van der Waals surface area contributed by atoms with E-state index in [2.05, 4.69) is 10.9 Å². The second-order valence-electron chi connectivity index (χ2n) is 5.56. The van der Waals surface area contributed by atoms with Gasteiger partial charge in [0.25, 0.3) is 5.91 Å². The van der Waals surface area contributed by atoms with Gasteiger partial charge >= 0.3 is 6.18 Å². The van der Waals surface area contributed by atoms with Gasteiger partial charge in [-0.15, -0.1) is 0 Å². The number of rotatable bonds is 5. The van der Waals surface area contributed by atoms with Crippen molar-refractivity contribution in [1.82, 2.24) is 5.43 Å². The summed E-state index contributed by atoms with van der Waals surface area (Å²) < 4.78 is 60.9. The Kier molecular flexibility index (Phi) is 6.34. The molecule has 0 spiro atoms. The van der Waals surface area contributed by atoms with E-state index in [9.17, 15) is 26.7 Å². The lowest BCUT2D eigenvalue weighted by Crippen LogP contribution is -2.31. The molecular formula is C17H14ClF3N3O3S+. The van der Waals surface area contributed by atoms with Gasteiger partial charge in [-0.2, -0.15) is 23.0 Å². The third kappa shape index (κ3) is 5.01. The van der Waals surface area contributed by atoms with E-state index < -0.39 is 27.9 Å². The lowest BCUT2D eigenvalue weighted by Gasteiger charge is -2.13. The molecule has 0 bridgehead atoms. The van der Waals surface area contributed by atoms with Crippen molar-refractivity contribution in [1.29, 1.82) is 5.26 Å². The molecule has 1 amide bonds. The van der Waals surface area contributed by atoms with Crippen molar-refractivity contribution < 1.29 is 26.7 Å². The number of carbonyl (C=O) groups excluding carboxylic acids is 1. The molecular weight excluding hydrogens is 419 g/mol. The average molecular weight is 433 g/mol. The minimum Gasteiger partial charge on any atom is -0.293 e. The minimum atomic E-state index is -4.69. The minimum absolute atomic E-state index is 0.0279. The van der Waals surface area contributed by atoms with E-state index in [0.717, 1.165) is 6.07 Å². The molecule has 3 N–H and O–H groups in total. The SMILES string of the molecule is CC[S+](=O)(O)c1ccc(C#N)cc1NNC(=O)c1cc(Cl)cc(C(F)(F)F)c1. The molecule has 11 heteroatoms. The van der Waals surface area contributed by atoms with Crippen molar-refractivity contribution in [2.24, 2.45) is 0 Å². The summed E-state index contributed by atoms with van der Waals surface area (Å²) in [4.78, 5) is 12.2. The van der Waals surface area contributed by atoms with E-state index in [0.29, 0.717) is 12.1 Å². The van der Waals surface area contributed by atoms with Crippen LogP contribution >= 0.6 is 11.6 Å². The van der Waals surface area contributed by atoms with E-state index in [-0.39, 0.29) is 32.5 Å². The predicted octanol–water partition coefficient (Wildman–Crippen LogP) is 4.34. The summed E-state index contributed by atoms with van der Waals surface area (Å²) in [5.74, 6) is -1.08. The van der Waals surface area contributed by atoms with Crippen molar-refractivity contribution in [3.8, 4) is 6.07 Å². The maximum atomic E-state index is 12.9. The summed E-state index contributed by atoms with van der Waals surface area (Å²) in [5, 5.41) is 8.70. The normalized spacial score (nSPS) is 13.3. The average Bonchev–Trinajstić information content (AvgIpc) is 2.64. The number of hydrazine groups is 1. The topological polar surface area (TPSA) is 102 Å². The maximum absolute atomic E-state index is 12.9. The number of nitrogens with zero attached hydrogens (tertiary/aromatic N) is 1. The highest BCUT2D eigenvalue weighted by molar-refractivity contribution is 7.97. The number of halogens is 4. The van der Waals surface area contributed by atoms with E-state index in [1.165, 1.54) is 25.1 Å². The fourth-order valence-corrected chi connectivity index (χ4v) is 3.49. The first-order valence-corrected chi connectivity index (χ1v) is 9.76. The third-order valence-corrected chi connectivity index (χ3v) is 5.69. The van der Waals surface area contributed by atoms with Gasteiger partial charge in [-0.25, -0.2) is 0 Å². The van der Waals surface area contributed by atoms with Gasteiger partial charge in [0.2, 0.25) is 15.1 Å². The molecule has 0 saturated carbocycles. The molecule has 0 aliphatic heterocycles. The first-order valence-electron chi connectivity index (χ1n) is 7.70. The number of carbonyl (C=O) groups is 1. The number of nitrogens with one attached hydrogen (secondary N) is 2. The van der Waals surface area contributed by atoms with Gasteiger partial charge in [-0.3, -0.25) is 15.6 Å². The van der Waals surface area contributed by atoms with E-state index in [1.54, 1.807) is 0 Å². The second-order valence-corrected chi connectivity index (χ2v) is 8.29. The molecule has 1 atom stereocenters. The summed E-state index contributed by atoms with van der Waals surface area (Å²) >= 11 is 5.65. The zero-order valence-electron chi connectivity index (χ0n) is 14.3. The summed E-state index contributed by atoms with van der Waals surface area (Å²) in [6.45, 7) is 1.48. The van der Waals surface area contributed by atoms with E-state index >= 15 is 0 Å². The lowest BCUT2D eigenvalue weighted by molar-refractivity contribution is -0.137. The maximum Gasteiger partial charge on any atom is 0.416 e. The zero-order valence-corrected chi connectivity index (χ0v) is 15.9.